The molecule has 2 aromatic heterocycles. The average Bonchev–Trinajstić information content (AvgIpc) is 3.23. The maximum atomic E-state index is 13.1. The number of amides is 1. The molecule has 0 N–H and O–H groups in total. The summed E-state index contributed by atoms with van der Waals surface area (Å²) in [4.78, 5) is 24.3. The zero-order valence-electron chi connectivity index (χ0n) is 14.1. The maximum absolute atomic E-state index is 13.1. The molecule has 132 valence electrons. The monoisotopic (exact) mass is 367 g/mol. The van der Waals surface area contributed by atoms with Gasteiger partial charge in [0.15, 0.2) is 5.82 Å². The Balaban J connectivity index is 1.54. The molecule has 1 atom stereocenters. The maximum Gasteiger partial charge on any atom is 0.263 e. The molecule has 1 saturated heterocycles. The zero-order valence-corrected chi connectivity index (χ0v) is 15.0. The van der Waals surface area contributed by atoms with Crippen LogP contribution in [-0.2, 0) is 0 Å². The highest BCUT2D eigenvalue weighted by Crippen LogP contribution is 2.28. The van der Waals surface area contributed by atoms with Gasteiger partial charge in [-0.2, -0.15) is 0 Å². The van der Waals surface area contributed by atoms with Gasteiger partial charge in [0.2, 0.25) is 0 Å². The van der Waals surface area contributed by atoms with Crippen molar-refractivity contribution < 1.29 is 9.18 Å². The van der Waals surface area contributed by atoms with Crippen LogP contribution in [0, 0.1) is 5.82 Å². The molecule has 26 heavy (non-hydrogen) atoms. The molecule has 0 saturated carbocycles. The number of piperidine rings is 1. The van der Waals surface area contributed by atoms with Gasteiger partial charge >= 0.3 is 0 Å². The minimum Gasteiger partial charge on any atom is -0.337 e. The van der Waals surface area contributed by atoms with Crippen molar-refractivity contribution in [1.29, 1.82) is 0 Å². The number of benzene rings is 1. The smallest absolute Gasteiger partial charge is 0.263 e. The van der Waals surface area contributed by atoms with Crippen LogP contribution in [0.3, 0.4) is 0 Å². The molecule has 1 aliphatic rings. The van der Waals surface area contributed by atoms with E-state index in [0.29, 0.717) is 12.4 Å². The molecule has 0 spiro atoms. The lowest BCUT2D eigenvalue weighted by Gasteiger charge is -2.32. The van der Waals surface area contributed by atoms with Crippen molar-refractivity contribution >= 4 is 17.2 Å². The van der Waals surface area contributed by atoms with Crippen LogP contribution in [0.25, 0.3) is 11.4 Å². The number of hydrogen-bond acceptors (Lipinski definition) is 4. The largest absolute Gasteiger partial charge is 0.337 e. The second-order valence-corrected chi connectivity index (χ2v) is 7.33. The van der Waals surface area contributed by atoms with Gasteiger partial charge in [-0.15, -0.1) is 11.3 Å². The Labute approximate surface area is 155 Å². The fourth-order valence-electron chi connectivity index (χ4n) is 3.30. The Morgan fingerprint density at radius 2 is 2.04 bits per heavy atom. The van der Waals surface area contributed by atoms with E-state index in [1.165, 1.54) is 23.5 Å². The Morgan fingerprint density at radius 3 is 2.81 bits per heavy atom. The van der Waals surface area contributed by atoms with Gasteiger partial charge in [-0.05, 0) is 54.6 Å². The Bertz CT molecular complexity index is 896. The molecular weight excluding hydrogens is 349 g/mol. The van der Waals surface area contributed by atoms with Gasteiger partial charge in [0.05, 0.1) is 4.88 Å². The van der Waals surface area contributed by atoms with Crippen molar-refractivity contribution in [3.05, 3.63) is 70.4 Å². The van der Waals surface area contributed by atoms with E-state index in [2.05, 4.69) is 9.97 Å². The first-order valence-corrected chi connectivity index (χ1v) is 9.50. The third-order valence-electron chi connectivity index (χ3n) is 4.64. The van der Waals surface area contributed by atoms with Gasteiger partial charge in [0.1, 0.15) is 5.82 Å². The topological polar surface area (TPSA) is 46.1 Å². The van der Waals surface area contributed by atoms with E-state index in [1.54, 1.807) is 18.3 Å². The highest BCUT2D eigenvalue weighted by molar-refractivity contribution is 7.12. The molecular formula is C20H18FN3OS. The van der Waals surface area contributed by atoms with Crippen LogP contribution < -0.4 is 0 Å². The number of nitrogens with zero attached hydrogens (tertiary/aromatic N) is 3. The summed E-state index contributed by atoms with van der Waals surface area (Å²) in [5.74, 6) is 0.594. The van der Waals surface area contributed by atoms with E-state index in [1.807, 2.05) is 28.5 Å². The van der Waals surface area contributed by atoms with Gasteiger partial charge in [0.25, 0.3) is 5.91 Å². The predicted molar refractivity (Wildman–Crippen MR) is 99.6 cm³/mol. The Hall–Kier alpha value is -2.60. The first-order valence-electron chi connectivity index (χ1n) is 8.62. The minimum absolute atomic E-state index is 0.0949. The minimum atomic E-state index is -0.278. The number of carbonyl (C=O) groups is 1. The van der Waals surface area contributed by atoms with E-state index in [4.69, 9.17) is 0 Å². The molecule has 3 aromatic rings. The molecule has 6 heteroatoms. The van der Waals surface area contributed by atoms with Gasteiger partial charge in [-0.25, -0.2) is 14.4 Å². The van der Waals surface area contributed by atoms with Gasteiger partial charge in [0, 0.05) is 36.5 Å². The van der Waals surface area contributed by atoms with Crippen molar-refractivity contribution in [1.82, 2.24) is 14.9 Å². The first-order chi connectivity index (χ1) is 12.7. The van der Waals surface area contributed by atoms with Crippen molar-refractivity contribution in [2.24, 2.45) is 0 Å². The number of aromatic nitrogens is 2. The van der Waals surface area contributed by atoms with Crippen LogP contribution >= 0.6 is 11.3 Å². The Morgan fingerprint density at radius 1 is 1.19 bits per heavy atom. The third-order valence-corrected chi connectivity index (χ3v) is 5.50. The summed E-state index contributed by atoms with van der Waals surface area (Å²) < 4.78 is 13.1. The average molecular weight is 367 g/mol. The lowest BCUT2D eigenvalue weighted by Crippen LogP contribution is -2.39. The fourth-order valence-corrected chi connectivity index (χ4v) is 3.99. The quantitative estimate of drug-likeness (QED) is 0.691. The summed E-state index contributed by atoms with van der Waals surface area (Å²) in [6.45, 7) is 1.44. The number of halogens is 1. The normalized spacial score (nSPS) is 17.3. The molecule has 4 rings (SSSR count). The third kappa shape index (κ3) is 3.51. The summed E-state index contributed by atoms with van der Waals surface area (Å²) in [6.07, 6.45) is 3.69. The predicted octanol–water partition coefficient (Wildman–Crippen LogP) is 4.36. The number of rotatable bonds is 3. The summed E-state index contributed by atoms with van der Waals surface area (Å²) in [7, 11) is 0. The van der Waals surface area contributed by atoms with Crippen LogP contribution in [0.5, 0.6) is 0 Å². The van der Waals surface area contributed by atoms with E-state index >= 15 is 0 Å². The highest BCUT2D eigenvalue weighted by atomic mass is 32.1. The van der Waals surface area contributed by atoms with Gasteiger partial charge in [-0.1, -0.05) is 6.07 Å². The molecule has 0 aliphatic carbocycles. The van der Waals surface area contributed by atoms with Crippen molar-refractivity contribution in [3.8, 4) is 11.4 Å². The lowest BCUT2D eigenvalue weighted by molar-refractivity contribution is 0.0711. The van der Waals surface area contributed by atoms with E-state index in [-0.39, 0.29) is 17.6 Å². The number of likely N-dealkylation sites (tertiary alicyclic amines) is 1. The molecule has 0 bridgehead atoms. The SMILES string of the molecule is O=C(c1cccs1)N1CCC[C@H](c2ccnc(-c3ccc(F)cc3)n2)C1. The van der Waals surface area contributed by atoms with Crippen LogP contribution in [-0.4, -0.2) is 33.9 Å². The molecule has 1 aromatic carbocycles. The summed E-state index contributed by atoms with van der Waals surface area (Å²) in [6, 6.07) is 11.9. The highest BCUT2D eigenvalue weighted by Gasteiger charge is 2.27. The van der Waals surface area contributed by atoms with E-state index in [9.17, 15) is 9.18 Å². The number of thiophene rings is 1. The standard InChI is InChI=1S/C20H18FN3OS/c21-16-7-5-14(6-8-16)19-22-10-9-17(23-19)15-3-1-11-24(13-15)20(25)18-4-2-12-26-18/h2,4-10,12,15H,1,3,11,13H2/t15-/m0/s1. The lowest BCUT2D eigenvalue weighted by atomic mass is 9.94. The van der Waals surface area contributed by atoms with Crippen LogP contribution in [0.4, 0.5) is 4.39 Å². The summed E-state index contributed by atoms with van der Waals surface area (Å²) in [5.41, 5.74) is 1.72. The molecule has 4 nitrogen and oxygen atoms in total. The first kappa shape index (κ1) is 16.8. The molecule has 1 amide bonds. The molecule has 1 aliphatic heterocycles. The fraction of sp³-hybridized carbons (Fsp3) is 0.250. The van der Waals surface area contributed by atoms with Gasteiger partial charge in [-0.3, -0.25) is 4.79 Å². The Kier molecular flexibility index (Phi) is 4.75. The second kappa shape index (κ2) is 7.33. The van der Waals surface area contributed by atoms with Crippen LogP contribution in [0.15, 0.2) is 54.0 Å². The van der Waals surface area contributed by atoms with Crippen LogP contribution in [0.2, 0.25) is 0 Å². The molecule has 3 heterocycles. The molecule has 0 unspecified atom stereocenters. The molecule has 0 radical (unpaired) electrons. The number of carbonyl (C=O) groups excluding carboxylic acids is 1. The van der Waals surface area contributed by atoms with Crippen molar-refractivity contribution in [3.63, 3.8) is 0 Å². The summed E-state index contributed by atoms with van der Waals surface area (Å²) in [5, 5.41) is 1.92. The van der Waals surface area contributed by atoms with E-state index < -0.39 is 0 Å². The molecule has 1 fully saturated rings. The second-order valence-electron chi connectivity index (χ2n) is 6.38. The van der Waals surface area contributed by atoms with E-state index in [0.717, 1.165) is 35.5 Å². The zero-order chi connectivity index (χ0) is 17.9. The number of hydrogen-bond donors (Lipinski definition) is 0. The summed E-state index contributed by atoms with van der Waals surface area (Å²) >= 11 is 1.48. The van der Waals surface area contributed by atoms with Crippen molar-refractivity contribution in [2.75, 3.05) is 13.1 Å². The van der Waals surface area contributed by atoms with Crippen molar-refractivity contribution in [2.45, 2.75) is 18.8 Å². The van der Waals surface area contributed by atoms with Gasteiger partial charge < -0.3 is 4.90 Å². The van der Waals surface area contributed by atoms with Crippen LogP contribution in [0.1, 0.15) is 34.1 Å².